The molecule has 0 atom stereocenters. The zero-order valence-electron chi connectivity index (χ0n) is 16.1. The molecule has 0 aliphatic carbocycles. The first kappa shape index (κ1) is 16.1. The molecule has 0 saturated heterocycles. The standard InChI is InChI=1S/C25H22NO/c1-15-9-11-21-20-12-10-18-7-5-6-8-19(18)24(20)27-25(21)23(15)22-13-16(2)17(3)14-26(22)4/h5-14H,1-4H3/q+1. The van der Waals surface area contributed by atoms with Crippen LogP contribution in [0.15, 0.2) is 65.2 Å². The van der Waals surface area contributed by atoms with E-state index >= 15 is 0 Å². The lowest BCUT2D eigenvalue weighted by Gasteiger charge is -2.07. The van der Waals surface area contributed by atoms with Gasteiger partial charge in [0, 0.05) is 27.8 Å². The Hall–Kier alpha value is -3.13. The highest BCUT2D eigenvalue weighted by Gasteiger charge is 2.22. The van der Waals surface area contributed by atoms with Crippen LogP contribution in [0.25, 0.3) is 44.0 Å². The van der Waals surface area contributed by atoms with Gasteiger partial charge in [0.1, 0.15) is 18.2 Å². The van der Waals surface area contributed by atoms with Gasteiger partial charge < -0.3 is 4.42 Å². The monoisotopic (exact) mass is 352 g/mol. The molecule has 0 N–H and O–H groups in total. The fourth-order valence-corrected chi connectivity index (χ4v) is 4.12. The van der Waals surface area contributed by atoms with Gasteiger partial charge in [-0.1, -0.05) is 42.5 Å². The Labute approximate surface area is 158 Å². The van der Waals surface area contributed by atoms with Gasteiger partial charge in [0.2, 0.25) is 5.69 Å². The van der Waals surface area contributed by atoms with Crippen LogP contribution < -0.4 is 4.57 Å². The molecule has 0 spiro atoms. The van der Waals surface area contributed by atoms with Crippen molar-refractivity contribution >= 4 is 32.7 Å². The molecule has 27 heavy (non-hydrogen) atoms. The second-order valence-corrected chi connectivity index (χ2v) is 7.54. The Bertz CT molecular complexity index is 1360. The second-order valence-electron chi connectivity index (χ2n) is 7.54. The fourth-order valence-electron chi connectivity index (χ4n) is 4.12. The molecule has 0 fully saturated rings. The molecule has 0 aliphatic rings. The lowest BCUT2D eigenvalue weighted by atomic mass is 9.98. The van der Waals surface area contributed by atoms with E-state index in [1.165, 1.54) is 49.5 Å². The highest BCUT2D eigenvalue weighted by Crippen LogP contribution is 2.39. The van der Waals surface area contributed by atoms with E-state index in [9.17, 15) is 0 Å². The van der Waals surface area contributed by atoms with Crippen LogP contribution in [0.4, 0.5) is 0 Å². The van der Waals surface area contributed by atoms with Gasteiger partial charge in [0.25, 0.3) is 0 Å². The zero-order chi connectivity index (χ0) is 18.7. The number of aryl methyl sites for hydroxylation is 4. The van der Waals surface area contributed by atoms with Crippen molar-refractivity contribution in [2.45, 2.75) is 20.8 Å². The van der Waals surface area contributed by atoms with Crippen LogP contribution in [0, 0.1) is 20.8 Å². The van der Waals surface area contributed by atoms with Crippen LogP contribution >= 0.6 is 0 Å². The van der Waals surface area contributed by atoms with Gasteiger partial charge in [0.05, 0.1) is 5.56 Å². The van der Waals surface area contributed by atoms with E-state index in [1.54, 1.807) is 0 Å². The molecular weight excluding hydrogens is 330 g/mol. The summed E-state index contributed by atoms with van der Waals surface area (Å²) in [5, 5.41) is 4.73. The molecule has 0 radical (unpaired) electrons. The number of nitrogens with zero attached hydrogens (tertiary/aromatic N) is 1. The van der Waals surface area contributed by atoms with E-state index in [2.05, 4.69) is 93.2 Å². The summed E-state index contributed by atoms with van der Waals surface area (Å²) in [4.78, 5) is 0. The van der Waals surface area contributed by atoms with Gasteiger partial charge in [-0.25, -0.2) is 4.57 Å². The molecule has 0 aliphatic heterocycles. The highest BCUT2D eigenvalue weighted by molar-refractivity contribution is 6.17. The van der Waals surface area contributed by atoms with Crippen molar-refractivity contribution in [1.82, 2.24) is 0 Å². The molecule has 2 aromatic heterocycles. The summed E-state index contributed by atoms with van der Waals surface area (Å²) in [5.74, 6) is 0. The number of rotatable bonds is 1. The van der Waals surface area contributed by atoms with Crippen LogP contribution in [-0.2, 0) is 7.05 Å². The topological polar surface area (TPSA) is 17.0 Å². The van der Waals surface area contributed by atoms with Crippen molar-refractivity contribution in [2.75, 3.05) is 0 Å². The number of fused-ring (bicyclic) bond motifs is 5. The van der Waals surface area contributed by atoms with Crippen molar-refractivity contribution in [3.05, 3.63) is 77.5 Å². The minimum Gasteiger partial charge on any atom is -0.454 e. The number of aromatic nitrogens is 1. The second kappa shape index (κ2) is 5.68. The molecule has 5 rings (SSSR count). The first-order valence-corrected chi connectivity index (χ1v) is 9.35. The zero-order valence-corrected chi connectivity index (χ0v) is 16.1. The van der Waals surface area contributed by atoms with Crippen LogP contribution in [0.1, 0.15) is 16.7 Å². The van der Waals surface area contributed by atoms with Crippen LogP contribution in [0.3, 0.4) is 0 Å². The number of hydrogen-bond acceptors (Lipinski definition) is 1. The molecular formula is C25H22NO+. The lowest BCUT2D eigenvalue weighted by molar-refractivity contribution is -0.660. The average Bonchev–Trinajstić information content (AvgIpc) is 3.04. The molecule has 5 aromatic rings. The Morgan fingerprint density at radius 3 is 2.30 bits per heavy atom. The lowest BCUT2D eigenvalue weighted by Crippen LogP contribution is -2.31. The number of hydrogen-bond donors (Lipinski definition) is 0. The van der Waals surface area contributed by atoms with Crippen LogP contribution in [-0.4, -0.2) is 0 Å². The first-order valence-electron chi connectivity index (χ1n) is 9.35. The van der Waals surface area contributed by atoms with Crippen LogP contribution in [0.5, 0.6) is 0 Å². The predicted molar refractivity (Wildman–Crippen MR) is 112 cm³/mol. The minimum atomic E-state index is 0.972. The third-order valence-electron chi connectivity index (χ3n) is 5.74. The fraction of sp³-hybridized carbons (Fsp3) is 0.160. The summed E-state index contributed by atoms with van der Waals surface area (Å²) >= 11 is 0. The molecule has 0 amide bonds. The molecule has 0 saturated carbocycles. The van der Waals surface area contributed by atoms with Gasteiger partial charge >= 0.3 is 0 Å². The van der Waals surface area contributed by atoms with E-state index in [0.717, 1.165) is 11.2 Å². The molecule has 2 heteroatoms. The minimum absolute atomic E-state index is 0.972. The Kier molecular flexibility index (Phi) is 3.38. The Morgan fingerprint density at radius 1 is 0.704 bits per heavy atom. The van der Waals surface area contributed by atoms with Gasteiger partial charge in [0.15, 0.2) is 6.20 Å². The smallest absolute Gasteiger partial charge is 0.216 e. The van der Waals surface area contributed by atoms with Crippen molar-refractivity contribution in [3.8, 4) is 11.3 Å². The summed E-state index contributed by atoms with van der Waals surface area (Å²) in [6.07, 6.45) is 2.20. The first-order chi connectivity index (χ1) is 13.0. The molecule has 132 valence electrons. The van der Waals surface area contributed by atoms with Gasteiger partial charge in [-0.3, -0.25) is 0 Å². The van der Waals surface area contributed by atoms with Gasteiger partial charge in [-0.2, -0.15) is 0 Å². The SMILES string of the molecule is Cc1cc(-c2c(C)ccc3c2oc2c4ccccc4ccc32)[n+](C)cc1C. The third kappa shape index (κ3) is 2.30. The van der Waals surface area contributed by atoms with Crippen molar-refractivity contribution in [1.29, 1.82) is 0 Å². The number of pyridine rings is 1. The van der Waals surface area contributed by atoms with E-state index < -0.39 is 0 Å². The largest absolute Gasteiger partial charge is 0.454 e. The van der Waals surface area contributed by atoms with Crippen molar-refractivity contribution in [2.24, 2.45) is 7.05 Å². The number of furan rings is 1. The maximum absolute atomic E-state index is 6.54. The third-order valence-corrected chi connectivity index (χ3v) is 5.74. The molecule has 0 bridgehead atoms. The van der Waals surface area contributed by atoms with Gasteiger partial charge in [-0.05, 0) is 43.4 Å². The van der Waals surface area contributed by atoms with Gasteiger partial charge in [-0.15, -0.1) is 0 Å². The van der Waals surface area contributed by atoms with E-state index in [1.807, 2.05) is 0 Å². The summed E-state index contributed by atoms with van der Waals surface area (Å²) in [6, 6.07) is 19.5. The molecule has 0 unspecified atom stereocenters. The predicted octanol–water partition coefficient (Wildman–Crippen LogP) is 6.16. The molecule has 3 aromatic carbocycles. The van der Waals surface area contributed by atoms with E-state index in [0.29, 0.717) is 0 Å². The maximum Gasteiger partial charge on any atom is 0.216 e. The van der Waals surface area contributed by atoms with Crippen LogP contribution in [0.2, 0.25) is 0 Å². The highest BCUT2D eigenvalue weighted by atomic mass is 16.3. The maximum atomic E-state index is 6.54. The Morgan fingerprint density at radius 2 is 1.44 bits per heavy atom. The van der Waals surface area contributed by atoms with Crippen molar-refractivity contribution < 1.29 is 8.98 Å². The normalized spacial score (nSPS) is 11.7. The van der Waals surface area contributed by atoms with E-state index in [-0.39, 0.29) is 0 Å². The average molecular weight is 352 g/mol. The molecule has 2 nitrogen and oxygen atoms in total. The molecule has 2 heterocycles. The summed E-state index contributed by atoms with van der Waals surface area (Å²) < 4.78 is 8.75. The summed E-state index contributed by atoms with van der Waals surface area (Å²) in [5.41, 5.74) is 8.12. The van der Waals surface area contributed by atoms with E-state index in [4.69, 9.17) is 4.42 Å². The Balaban J connectivity index is 1.95. The summed E-state index contributed by atoms with van der Waals surface area (Å²) in [6.45, 7) is 6.48. The van der Waals surface area contributed by atoms with Crippen molar-refractivity contribution in [3.63, 3.8) is 0 Å². The quantitative estimate of drug-likeness (QED) is 0.330. The summed E-state index contributed by atoms with van der Waals surface area (Å²) in [7, 11) is 2.11. The number of benzene rings is 3.